The number of carbonyl (C=O) groups is 1. The zero-order chi connectivity index (χ0) is 18.1. The van der Waals surface area contributed by atoms with Gasteiger partial charge in [-0.15, -0.1) is 0 Å². The Labute approximate surface area is 153 Å². The average molecular weight is 355 g/mol. The average Bonchev–Trinajstić information content (AvgIpc) is 3.09. The van der Waals surface area contributed by atoms with Crippen LogP contribution in [-0.2, 0) is 11.3 Å². The van der Waals surface area contributed by atoms with E-state index in [9.17, 15) is 4.79 Å². The second kappa shape index (κ2) is 7.03. The maximum Gasteiger partial charge on any atom is 0.234 e. The third kappa shape index (κ3) is 3.29. The van der Waals surface area contributed by atoms with E-state index in [1.165, 1.54) is 5.69 Å². The second-order valence-electron chi connectivity index (χ2n) is 7.12. The fourth-order valence-corrected chi connectivity index (χ4v) is 3.77. The summed E-state index contributed by atoms with van der Waals surface area (Å²) in [7, 11) is 0. The summed E-state index contributed by atoms with van der Waals surface area (Å²) >= 11 is 0. The zero-order valence-corrected chi connectivity index (χ0v) is 15.3. The third-order valence-electron chi connectivity index (χ3n) is 4.82. The van der Waals surface area contributed by atoms with Crippen LogP contribution in [0.1, 0.15) is 31.1 Å². The summed E-state index contributed by atoms with van der Waals surface area (Å²) in [5.74, 6) is 1.63. The van der Waals surface area contributed by atoms with Crippen LogP contribution < -0.4 is 14.8 Å². The SMILES string of the molecule is CC(C)NC(=O)CN1CCn2cccc2[C@H]1c1ccc2c(c1)OCCO2. The van der Waals surface area contributed by atoms with Crippen molar-refractivity contribution in [3.05, 3.63) is 47.8 Å². The molecule has 0 saturated carbocycles. The molecule has 2 aliphatic rings. The van der Waals surface area contributed by atoms with E-state index in [0.29, 0.717) is 19.8 Å². The Bertz CT molecular complexity index is 799. The van der Waals surface area contributed by atoms with Gasteiger partial charge < -0.3 is 19.4 Å². The summed E-state index contributed by atoms with van der Waals surface area (Å²) in [5.41, 5.74) is 2.32. The Hall–Kier alpha value is -2.47. The first-order chi connectivity index (χ1) is 12.6. The number of nitrogens with one attached hydrogen (secondary N) is 1. The van der Waals surface area contributed by atoms with Crippen LogP contribution in [0.5, 0.6) is 11.5 Å². The van der Waals surface area contributed by atoms with E-state index in [1.807, 2.05) is 19.9 Å². The Kier molecular flexibility index (Phi) is 4.59. The van der Waals surface area contributed by atoms with Gasteiger partial charge in [0.1, 0.15) is 13.2 Å². The van der Waals surface area contributed by atoms with Gasteiger partial charge in [-0.05, 0) is 43.7 Å². The first-order valence-corrected chi connectivity index (χ1v) is 9.20. The number of hydrogen-bond donors (Lipinski definition) is 1. The number of fused-ring (bicyclic) bond motifs is 2. The standard InChI is InChI=1S/C20H25N3O3/c1-14(2)21-19(24)13-23-9-8-22-7-3-4-16(22)20(23)15-5-6-17-18(12-15)26-11-10-25-17/h3-7,12,14,20H,8-11,13H2,1-2H3,(H,21,24)/t20-/m1/s1. The number of carbonyl (C=O) groups excluding carboxylic acids is 1. The van der Waals surface area contributed by atoms with E-state index in [-0.39, 0.29) is 18.0 Å². The van der Waals surface area contributed by atoms with Crippen molar-refractivity contribution in [1.82, 2.24) is 14.8 Å². The summed E-state index contributed by atoms with van der Waals surface area (Å²) in [6.45, 7) is 7.21. The van der Waals surface area contributed by atoms with Gasteiger partial charge in [0.25, 0.3) is 0 Å². The normalized spacial score (nSPS) is 19.3. The Balaban J connectivity index is 1.66. The summed E-state index contributed by atoms with van der Waals surface area (Å²) in [6.07, 6.45) is 2.10. The molecule has 1 atom stereocenters. The quantitative estimate of drug-likeness (QED) is 0.913. The lowest BCUT2D eigenvalue weighted by Gasteiger charge is -2.37. The summed E-state index contributed by atoms with van der Waals surface area (Å²) in [4.78, 5) is 14.6. The van der Waals surface area contributed by atoms with E-state index in [1.54, 1.807) is 0 Å². The highest BCUT2D eigenvalue weighted by molar-refractivity contribution is 5.78. The highest BCUT2D eigenvalue weighted by Gasteiger charge is 2.31. The van der Waals surface area contributed by atoms with Crippen molar-refractivity contribution in [2.75, 3.05) is 26.3 Å². The van der Waals surface area contributed by atoms with Gasteiger partial charge in [0.2, 0.25) is 5.91 Å². The van der Waals surface area contributed by atoms with Gasteiger partial charge in [-0.1, -0.05) is 6.07 Å². The lowest BCUT2D eigenvalue weighted by atomic mass is 9.99. The maximum atomic E-state index is 12.4. The molecule has 2 aliphatic heterocycles. The van der Waals surface area contributed by atoms with Gasteiger partial charge in [-0.2, -0.15) is 0 Å². The van der Waals surface area contributed by atoms with Crippen LogP contribution in [0.4, 0.5) is 0 Å². The Morgan fingerprint density at radius 2 is 2.00 bits per heavy atom. The Morgan fingerprint density at radius 3 is 2.81 bits per heavy atom. The number of hydrogen-bond acceptors (Lipinski definition) is 4. The highest BCUT2D eigenvalue weighted by Crippen LogP contribution is 2.38. The van der Waals surface area contributed by atoms with E-state index < -0.39 is 0 Å². The molecule has 6 heteroatoms. The summed E-state index contributed by atoms with van der Waals surface area (Å²) < 4.78 is 13.7. The van der Waals surface area contributed by atoms with E-state index >= 15 is 0 Å². The molecule has 0 aliphatic carbocycles. The molecule has 138 valence electrons. The van der Waals surface area contributed by atoms with Gasteiger partial charge in [0, 0.05) is 31.0 Å². The minimum atomic E-state index is 0.0208. The molecule has 0 unspecified atom stereocenters. The number of rotatable bonds is 4. The number of nitrogens with zero attached hydrogens (tertiary/aromatic N) is 2. The van der Waals surface area contributed by atoms with Crippen molar-refractivity contribution in [3.8, 4) is 11.5 Å². The fraction of sp³-hybridized carbons (Fsp3) is 0.450. The molecule has 1 N–H and O–H groups in total. The van der Waals surface area contributed by atoms with Crippen molar-refractivity contribution < 1.29 is 14.3 Å². The van der Waals surface area contributed by atoms with Crippen LogP contribution in [0.3, 0.4) is 0 Å². The molecule has 1 aromatic carbocycles. The minimum Gasteiger partial charge on any atom is -0.486 e. The molecule has 2 aromatic rings. The fourth-order valence-electron chi connectivity index (χ4n) is 3.77. The second-order valence-corrected chi connectivity index (χ2v) is 7.12. The van der Waals surface area contributed by atoms with E-state index in [0.717, 1.165) is 30.2 Å². The molecule has 0 bridgehead atoms. The summed E-state index contributed by atoms with van der Waals surface area (Å²) in [5, 5.41) is 3.00. The molecule has 26 heavy (non-hydrogen) atoms. The molecule has 4 rings (SSSR count). The molecule has 0 radical (unpaired) electrons. The first-order valence-electron chi connectivity index (χ1n) is 9.20. The van der Waals surface area contributed by atoms with Crippen molar-refractivity contribution >= 4 is 5.91 Å². The van der Waals surface area contributed by atoms with Crippen molar-refractivity contribution in [1.29, 1.82) is 0 Å². The largest absolute Gasteiger partial charge is 0.486 e. The van der Waals surface area contributed by atoms with Gasteiger partial charge in [-0.3, -0.25) is 9.69 Å². The molecule has 0 fully saturated rings. The highest BCUT2D eigenvalue weighted by atomic mass is 16.6. The van der Waals surface area contributed by atoms with E-state index in [2.05, 4.69) is 45.2 Å². The molecular formula is C20H25N3O3. The molecule has 6 nitrogen and oxygen atoms in total. The Morgan fingerprint density at radius 1 is 1.19 bits per heavy atom. The lowest BCUT2D eigenvalue weighted by Crippen LogP contribution is -2.45. The molecule has 0 saturated heterocycles. The number of aromatic nitrogens is 1. The molecule has 0 spiro atoms. The number of ether oxygens (including phenoxy) is 2. The van der Waals surface area contributed by atoms with Crippen LogP contribution in [0.25, 0.3) is 0 Å². The van der Waals surface area contributed by atoms with E-state index in [4.69, 9.17) is 9.47 Å². The lowest BCUT2D eigenvalue weighted by molar-refractivity contribution is -0.123. The first kappa shape index (κ1) is 17.0. The van der Waals surface area contributed by atoms with Crippen LogP contribution in [-0.4, -0.2) is 47.7 Å². The van der Waals surface area contributed by atoms with Crippen LogP contribution in [0.2, 0.25) is 0 Å². The van der Waals surface area contributed by atoms with Crippen molar-refractivity contribution in [2.45, 2.75) is 32.5 Å². The van der Waals surface area contributed by atoms with Gasteiger partial charge in [0.15, 0.2) is 11.5 Å². The predicted molar refractivity (Wildman–Crippen MR) is 98.6 cm³/mol. The van der Waals surface area contributed by atoms with Crippen molar-refractivity contribution in [3.63, 3.8) is 0 Å². The monoisotopic (exact) mass is 355 g/mol. The predicted octanol–water partition coefficient (Wildman–Crippen LogP) is 2.19. The third-order valence-corrected chi connectivity index (χ3v) is 4.82. The topological polar surface area (TPSA) is 55.7 Å². The van der Waals surface area contributed by atoms with Gasteiger partial charge >= 0.3 is 0 Å². The molecular weight excluding hydrogens is 330 g/mol. The van der Waals surface area contributed by atoms with Crippen molar-refractivity contribution in [2.24, 2.45) is 0 Å². The van der Waals surface area contributed by atoms with Crippen LogP contribution in [0.15, 0.2) is 36.5 Å². The maximum absolute atomic E-state index is 12.4. The van der Waals surface area contributed by atoms with Gasteiger partial charge in [-0.25, -0.2) is 0 Å². The number of amides is 1. The summed E-state index contributed by atoms with van der Waals surface area (Å²) in [6, 6.07) is 10.5. The van der Waals surface area contributed by atoms with Crippen LogP contribution in [0, 0.1) is 0 Å². The minimum absolute atomic E-state index is 0.0208. The van der Waals surface area contributed by atoms with Crippen LogP contribution >= 0.6 is 0 Å². The smallest absolute Gasteiger partial charge is 0.234 e. The van der Waals surface area contributed by atoms with Gasteiger partial charge in [0.05, 0.1) is 12.6 Å². The molecule has 1 aromatic heterocycles. The molecule has 1 amide bonds. The zero-order valence-electron chi connectivity index (χ0n) is 15.3. The molecule has 3 heterocycles. The number of benzene rings is 1.